The highest BCUT2D eigenvalue weighted by molar-refractivity contribution is 7.98. The molecule has 0 unspecified atom stereocenters. The van der Waals surface area contributed by atoms with Gasteiger partial charge < -0.3 is 13.7 Å². The smallest absolute Gasteiger partial charge is 0.277 e. The molecule has 0 spiro atoms. The van der Waals surface area contributed by atoms with Gasteiger partial charge in [-0.15, -0.1) is 10.2 Å². The summed E-state index contributed by atoms with van der Waals surface area (Å²) in [4.78, 5) is 4.38. The second-order valence-electron chi connectivity index (χ2n) is 5.24. The van der Waals surface area contributed by atoms with E-state index in [1.165, 1.54) is 11.8 Å². The number of rotatable bonds is 6. The number of hydrogen-bond acceptors (Lipinski definition) is 8. The number of para-hydroxylation sites is 1. The third-order valence-electron chi connectivity index (χ3n) is 3.56. The zero-order valence-corrected chi connectivity index (χ0v) is 14.6. The molecule has 0 atom stereocenters. The molecule has 0 bridgehead atoms. The topological polar surface area (TPSA) is 87.1 Å². The van der Waals surface area contributed by atoms with Crippen LogP contribution < -0.4 is 4.74 Å². The quantitative estimate of drug-likeness (QED) is 0.472. The van der Waals surface area contributed by atoms with E-state index >= 15 is 0 Å². The summed E-state index contributed by atoms with van der Waals surface area (Å²) in [5.74, 6) is 2.57. The third kappa shape index (κ3) is 3.45. The predicted octanol–water partition coefficient (Wildman–Crippen LogP) is 4.09. The molecule has 130 valence electrons. The minimum atomic E-state index is 0.403. The summed E-state index contributed by atoms with van der Waals surface area (Å²) in [6.45, 7) is 0. The molecular weight excluding hydrogens is 352 g/mol. The fourth-order valence-electron chi connectivity index (χ4n) is 2.34. The van der Waals surface area contributed by atoms with Crippen molar-refractivity contribution in [3.05, 3.63) is 60.5 Å². The Kier molecular flexibility index (Phi) is 4.65. The maximum atomic E-state index is 5.70. The lowest BCUT2D eigenvalue weighted by Gasteiger charge is -2.03. The second kappa shape index (κ2) is 7.40. The third-order valence-corrected chi connectivity index (χ3v) is 4.37. The van der Waals surface area contributed by atoms with Gasteiger partial charge in [-0.05, 0) is 12.1 Å². The monoisotopic (exact) mass is 366 g/mol. The Morgan fingerprint density at radius 2 is 1.81 bits per heavy atom. The molecule has 0 saturated heterocycles. The summed E-state index contributed by atoms with van der Waals surface area (Å²) >= 11 is 1.33. The first-order valence-electron chi connectivity index (χ1n) is 7.81. The van der Waals surface area contributed by atoms with Crippen LogP contribution in [0.1, 0.15) is 5.89 Å². The molecule has 0 saturated carbocycles. The van der Waals surface area contributed by atoms with Crippen molar-refractivity contribution in [2.45, 2.75) is 11.0 Å². The summed E-state index contributed by atoms with van der Waals surface area (Å²) in [6, 6.07) is 17.1. The van der Waals surface area contributed by atoms with Gasteiger partial charge in [0.1, 0.15) is 5.75 Å². The van der Waals surface area contributed by atoms with Crippen molar-refractivity contribution in [2.24, 2.45) is 0 Å². The summed E-state index contributed by atoms with van der Waals surface area (Å²) in [5.41, 5.74) is 1.65. The lowest BCUT2D eigenvalue weighted by Crippen LogP contribution is -1.87. The molecule has 2 heterocycles. The van der Waals surface area contributed by atoms with Crippen molar-refractivity contribution in [2.75, 3.05) is 7.11 Å². The lowest BCUT2D eigenvalue weighted by molar-refractivity contribution is 0.390. The molecule has 0 fully saturated rings. The highest BCUT2D eigenvalue weighted by Crippen LogP contribution is 2.31. The maximum absolute atomic E-state index is 5.70. The van der Waals surface area contributed by atoms with E-state index in [2.05, 4.69) is 20.3 Å². The van der Waals surface area contributed by atoms with Gasteiger partial charge in [0.2, 0.25) is 11.7 Å². The van der Waals surface area contributed by atoms with Crippen molar-refractivity contribution in [3.8, 4) is 28.6 Å². The molecule has 4 rings (SSSR count). The Morgan fingerprint density at radius 1 is 1.00 bits per heavy atom. The van der Waals surface area contributed by atoms with Crippen molar-refractivity contribution in [1.82, 2.24) is 20.3 Å². The minimum absolute atomic E-state index is 0.403. The zero-order valence-electron chi connectivity index (χ0n) is 13.8. The SMILES string of the molecule is COc1ccccc1-c1nnc(SCc2nc(-c3ccccc3)no2)o1. The summed E-state index contributed by atoms with van der Waals surface area (Å²) in [7, 11) is 1.60. The Labute approximate surface area is 153 Å². The molecule has 7 nitrogen and oxygen atoms in total. The lowest BCUT2D eigenvalue weighted by atomic mass is 10.2. The summed E-state index contributed by atoms with van der Waals surface area (Å²) < 4.78 is 16.3. The van der Waals surface area contributed by atoms with Gasteiger partial charge in [0, 0.05) is 5.56 Å². The highest BCUT2D eigenvalue weighted by atomic mass is 32.2. The normalized spacial score (nSPS) is 10.8. The van der Waals surface area contributed by atoms with Crippen LogP contribution in [0.3, 0.4) is 0 Å². The average molecular weight is 366 g/mol. The Bertz CT molecular complexity index is 1000. The van der Waals surface area contributed by atoms with Crippen LogP contribution in [0.5, 0.6) is 5.75 Å². The fourth-order valence-corrected chi connectivity index (χ4v) is 2.94. The van der Waals surface area contributed by atoms with Gasteiger partial charge in [0.05, 0.1) is 18.4 Å². The van der Waals surface area contributed by atoms with Gasteiger partial charge in [-0.3, -0.25) is 0 Å². The van der Waals surface area contributed by atoms with Gasteiger partial charge in [0.25, 0.3) is 11.1 Å². The van der Waals surface area contributed by atoms with Crippen LogP contribution in [0.15, 0.2) is 68.8 Å². The summed E-state index contributed by atoms with van der Waals surface area (Å²) in [6.07, 6.45) is 0. The molecule has 0 amide bonds. The molecule has 0 radical (unpaired) electrons. The van der Waals surface area contributed by atoms with Crippen LogP contribution in [0.4, 0.5) is 0 Å². The molecule has 8 heteroatoms. The first-order valence-corrected chi connectivity index (χ1v) is 8.80. The number of nitrogens with zero attached hydrogens (tertiary/aromatic N) is 4. The number of ether oxygens (including phenoxy) is 1. The largest absolute Gasteiger partial charge is 0.496 e. The maximum Gasteiger partial charge on any atom is 0.277 e. The number of hydrogen-bond donors (Lipinski definition) is 0. The van der Waals surface area contributed by atoms with Crippen molar-refractivity contribution in [3.63, 3.8) is 0 Å². The van der Waals surface area contributed by atoms with E-state index in [1.54, 1.807) is 7.11 Å². The van der Waals surface area contributed by atoms with Crippen LogP contribution in [-0.2, 0) is 5.75 Å². The molecule has 2 aromatic carbocycles. The zero-order chi connectivity index (χ0) is 17.8. The standard InChI is InChI=1S/C18H14N4O3S/c1-23-14-10-6-5-9-13(14)17-20-21-18(24-17)26-11-15-19-16(22-25-15)12-7-3-2-4-8-12/h2-10H,11H2,1H3. The van der Waals surface area contributed by atoms with Gasteiger partial charge in [0.15, 0.2) is 0 Å². The number of benzene rings is 2. The van der Waals surface area contributed by atoms with Gasteiger partial charge >= 0.3 is 0 Å². The molecular formula is C18H14N4O3S. The highest BCUT2D eigenvalue weighted by Gasteiger charge is 2.15. The Hall–Kier alpha value is -3.13. The molecule has 2 aromatic heterocycles. The van der Waals surface area contributed by atoms with Gasteiger partial charge in [-0.2, -0.15) is 4.98 Å². The van der Waals surface area contributed by atoms with Crippen LogP contribution >= 0.6 is 11.8 Å². The Balaban J connectivity index is 1.45. The van der Waals surface area contributed by atoms with E-state index < -0.39 is 0 Å². The van der Waals surface area contributed by atoms with E-state index in [4.69, 9.17) is 13.7 Å². The van der Waals surface area contributed by atoms with Crippen molar-refractivity contribution in [1.29, 1.82) is 0 Å². The minimum Gasteiger partial charge on any atom is -0.496 e. The molecule has 0 aliphatic heterocycles. The van der Waals surface area contributed by atoms with Crippen LogP contribution in [0.2, 0.25) is 0 Å². The second-order valence-corrected chi connectivity index (χ2v) is 6.17. The van der Waals surface area contributed by atoms with Crippen LogP contribution in [-0.4, -0.2) is 27.4 Å². The predicted molar refractivity (Wildman–Crippen MR) is 95.6 cm³/mol. The first-order chi connectivity index (χ1) is 12.8. The van der Waals surface area contributed by atoms with E-state index in [0.717, 1.165) is 11.1 Å². The van der Waals surface area contributed by atoms with Crippen molar-refractivity contribution >= 4 is 11.8 Å². The van der Waals surface area contributed by atoms with Crippen LogP contribution in [0, 0.1) is 0 Å². The molecule has 4 aromatic rings. The molecule has 0 N–H and O–H groups in total. The Morgan fingerprint density at radius 3 is 2.65 bits per heavy atom. The van der Waals surface area contributed by atoms with Gasteiger partial charge in [-0.1, -0.05) is 59.4 Å². The average Bonchev–Trinajstić information content (AvgIpc) is 3.36. The van der Waals surface area contributed by atoms with E-state index in [0.29, 0.717) is 34.3 Å². The first kappa shape index (κ1) is 16.3. The number of thioether (sulfide) groups is 1. The van der Waals surface area contributed by atoms with E-state index in [9.17, 15) is 0 Å². The summed E-state index contributed by atoms with van der Waals surface area (Å²) in [5, 5.41) is 12.5. The van der Waals surface area contributed by atoms with Gasteiger partial charge in [-0.25, -0.2) is 0 Å². The van der Waals surface area contributed by atoms with Crippen molar-refractivity contribution < 1.29 is 13.7 Å². The molecule has 0 aliphatic carbocycles. The van der Waals surface area contributed by atoms with Crippen LogP contribution in [0.25, 0.3) is 22.8 Å². The molecule has 0 aliphatic rings. The van der Waals surface area contributed by atoms with E-state index in [-0.39, 0.29) is 0 Å². The number of methoxy groups -OCH3 is 1. The van der Waals surface area contributed by atoms with E-state index in [1.807, 2.05) is 54.6 Å². The fraction of sp³-hybridized carbons (Fsp3) is 0.111. The number of aromatic nitrogens is 4. The molecule has 26 heavy (non-hydrogen) atoms.